The molecule has 0 aliphatic rings. The standard InChI is InChI=1S/C11H18IN3/c1-5-6-13-11-9(12)8(4)14-10(15-11)7(2)3/h7H,5-6H2,1-4H3,(H,13,14,15). The second-order valence-corrected chi connectivity index (χ2v) is 4.99. The fourth-order valence-corrected chi connectivity index (χ4v) is 1.63. The van der Waals surface area contributed by atoms with E-state index in [1.807, 2.05) is 6.92 Å². The third-order valence-electron chi connectivity index (χ3n) is 2.09. The number of nitrogens with one attached hydrogen (secondary N) is 1. The summed E-state index contributed by atoms with van der Waals surface area (Å²) < 4.78 is 1.13. The van der Waals surface area contributed by atoms with E-state index in [4.69, 9.17) is 0 Å². The molecule has 15 heavy (non-hydrogen) atoms. The molecule has 4 heteroatoms. The first-order chi connectivity index (χ1) is 7.06. The molecule has 0 fully saturated rings. The molecule has 0 saturated carbocycles. The average molecular weight is 319 g/mol. The Labute approximate surface area is 105 Å². The maximum Gasteiger partial charge on any atom is 0.143 e. The minimum atomic E-state index is 0.378. The SMILES string of the molecule is CCCNc1nc(C(C)C)nc(C)c1I. The van der Waals surface area contributed by atoms with Gasteiger partial charge in [0.1, 0.15) is 11.6 Å². The lowest BCUT2D eigenvalue weighted by molar-refractivity contribution is 0.763. The Morgan fingerprint density at radius 2 is 2.00 bits per heavy atom. The minimum absolute atomic E-state index is 0.378. The molecule has 0 aromatic carbocycles. The van der Waals surface area contributed by atoms with Crippen LogP contribution in [-0.4, -0.2) is 16.5 Å². The molecule has 1 aromatic heterocycles. The van der Waals surface area contributed by atoms with Crippen molar-refractivity contribution in [2.24, 2.45) is 0 Å². The lowest BCUT2D eigenvalue weighted by atomic mass is 10.2. The van der Waals surface area contributed by atoms with Crippen molar-refractivity contribution < 1.29 is 0 Å². The van der Waals surface area contributed by atoms with Crippen LogP contribution >= 0.6 is 22.6 Å². The highest BCUT2D eigenvalue weighted by Gasteiger charge is 2.10. The molecule has 1 rings (SSSR count). The second-order valence-electron chi connectivity index (χ2n) is 3.91. The van der Waals surface area contributed by atoms with Crippen molar-refractivity contribution in [3.8, 4) is 0 Å². The first-order valence-corrected chi connectivity index (χ1v) is 6.42. The molecule has 0 aliphatic carbocycles. The molecule has 1 aromatic rings. The first kappa shape index (κ1) is 12.7. The van der Waals surface area contributed by atoms with Crippen LogP contribution < -0.4 is 5.32 Å². The van der Waals surface area contributed by atoms with Gasteiger partial charge in [0.15, 0.2) is 0 Å². The predicted octanol–water partition coefficient (Wildman–Crippen LogP) is 3.33. The first-order valence-electron chi connectivity index (χ1n) is 5.34. The van der Waals surface area contributed by atoms with Gasteiger partial charge < -0.3 is 5.32 Å². The molecule has 0 spiro atoms. The van der Waals surface area contributed by atoms with Gasteiger partial charge in [0.05, 0.1) is 9.26 Å². The third-order valence-corrected chi connectivity index (χ3v) is 3.38. The van der Waals surface area contributed by atoms with Crippen LogP contribution in [0, 0.1) is 10.5 Å². The average Bonchev–Trinajstić information content (AvgIpc) is 2.19. The summed E-state index contributed by atoms with van der Waals surface area (Å²) in [5.74, 6) is 2.28. The number of aryl methyl sites for hydroxylation is 1. The van der Waals surface area contributed by atoms with Gasteiger partial charge in [0.25, 0.3) is 0 Å². The number of rotatable bonds is 4. The highest BCUT2D eigenvalue weighted by atomic mass is 127. The van der Waals surface area contributed by atoms with Gasteiger partial charge in [0, 0.05) is 12.5 Å². The van der Waals surface area contributed by atoms with Crippen LogP contribution in [0.1, 0.15) is 44.6 Å². The van der Waals surface area contributed by atoms with Crippen LogP contribution in [0.15, 0.2) is 0 Å². The largest absolute Gasteiger partial charge is 0.369 e. The van der Waals surface area contributed by atoms with E-state index in [0.29, 0.717) is 5.92 Å². The van der Waals surface area contributed by atoms with Crippen LogP contribution in [-0.2, 0) is 0 Å². The Balaban J connectivity index is 3.02. The Morgan fingerprint density at radius 1 is 1.33 bits per heavy atom. The van der Waals surface area contributed by atoms with Crippen LogP contribution in [0.4, 0.5) is 5.82 Å². The summed E-state index contributed by atoms with van der Waals surface area (Å²) in [5.41, 5.74) is 1.06. The number of hydrogen-bond donors (Lipinski definition) is 1. The van der Waals surface area contributed by atoms with E-state index in [0.717, 1.165) is 33.9 Å². The number of aromatic nitrogens is 2. The summed E-state index contributed by atoms with van der Waals surface area (Å²) in [6.45, 7) is 9.38. The Bertz CT molecular complexity index is 337. The van der Waals surface area contributed by atoms with E-state index in [-0.39, 0.29) is 0 Å². The van der Waals surface area contributed by atoms with Crippen molar-refractivity contribution in [3.63, 3.8) is 0 Å². The predicted molar refractivity (Wildman–Crippen MR) is 72.4 cm³/mol. The Kier molecular flexibility index (Phi) is 4.76. The van der Waals surface area contributed by atoms with E-state index < -0.39 is 0 Å². The maximum absolute atomic E-state index is 4.54. The zero-order valence-electron chi connectivity index (χ0n) is 9.76. The number of hydrogen-bond acceptors (Lipinski definition) is 3. The summed E-state index contributed by atoms with van der Waals surface area (Å²) in [4.78, 5) is 9.02. The molecule has 0 atom stereocenters. The van der Waals surface area contributed by atoms with Crippen molar-refractivity contribution in [1.29, 1.82) is 0 Å². The van der Waals surface area contributed by atoms with E-state index in [2.05, 4.69) is 58.6 Å². The normalized spacial score (nSPS) is 10.8. The van der Waals surface area contributed by atoms with Crippen LogP contribution in [0.2, 0.25) is 0 Å². The lowest BCUT2D eigenvalue weighted by Crippen LogP contribution is -2.09. The molecule has 1 N–H and O–H groups in total. The molecule has 3 nitrogen and oxygen atoms in total. The zero-order valence-corrected chi connectivity index (χ0v) is 11.9. The molecule has 0 unspecified atom stereocenters. The smallest absolute Gasteiger partial charge is 0.143 e. The molecule has 0 radical (unpaired) electrons. The van der Waals surface area contributed by atoms with Gasteiger partial charge in [-0.25, -0.2) is 9.97 Å². The number of nitrogens with zero attached hydrogens (tertiary/aromatic N) is 2. The summed E-state index contributed by atoms with van der Waals surface area (Å²) >= 11 is 2.30. The van der Waals surface area contributed by atoms with Crippen molar-refractivity contribution in [1.82, 2.24) is 9.97 Å². The minimum Gasteiger partial charge on any atom is -0.369 e. The van der Waals surface area contributed by atoms with Gasteiger partial charge in [-0.3, -0.25) is 0 Å². The zero-order chi connectivity index (χ0) is 11.4. The van der Waals surface area contributed by atoms with Crippen LogP contribution in [0.25, 0.3) is 0 Å². The molecule has 0 aliphatic heterocycles. The third kappa shape index (κ3) is 3.29. The van der Waals surface area contributed by atoms with Gasteiger partial charge in [-0.15, -0.1) is 0 Å². The van der Waals surface area contributed by atoms with E-state index >= 15 is 0 Å². The van der Waals surface area contributed by atoms with Crippen molar-refractivity contribution in [2.75, 3.05) is 11.9 Å². The Hall–Kier alpha value is -0.390. The van der Waals surface area contributed by atoms with Crippen LogP contribution in [0.5, 0.6) is 0 Å². The van der Waals surface area contributed by atoms with Gasteiger partial charge in [-0.2, -0.15) is 0 Å². The summed E-state index contributed by atoms with van der Waals surface area (Å²) in [6.07, 6.45) is 1.11. The molecule has 0 amide bonds. The number of anilines is 1. The fourth-order valence-electron chi connectivity index (χ4n) is 1.20. The van der Waals surface area contributed by atoms with Gasteiger partial charge >= 0.3 is 0 Å². The van der Waals surface area contributed by atoms with Crippen molar-refractivity contribution in [3.05, 3.63) is 15.1 Å². The Morgan fingerprint density at radius 3 is 2.53 bits per heavy atom. The molecule has 0 bridgehead atoms. The maximum atomic E-state index is 4.54. The summed E-state index contributed by atoms with van der Waals surface area (Å²) in [5, 5.41) is 3.34. The fraction of sp³-hybridized carbons (Fsp3) is 0.636. The van der Waals surface area contributed by atoms with E-state index in [9.17, 15) is 0 Å². The molecule has 0 saturated heterocycles. The summed E-state index contributed by atoms with van der Waals surface area (Å²) in [7, 11) is 0. The highest BCUT2D eigenvalue weighted by molar-refractivity contribution is 14.1. The van der Waals surface area contributed by atoms with E-state index in [1.54, 1.807) is 0 Å². The van der Waals surface area contributed by atoms with Crippen molar-refractivity contribution in [2.45, 2.75) is 40.0 Å². The van der Waals surface area contributed by atoms with Gasteiger partial charge in [0.2, 0.25) is 0 Å². The van der Waals surface area contributed by atoms with Gasteiger partial charge in [-0.05, 0) is 35.9 Å². The van der Waals surface area contributed by atoms with Crippen LogP contribution in [0.3, 0.4) is 0 Å². The molecular weight excluding hydrogens is 301 g/mol. The monoisotopic (exact) mass is 319 g/mol. The topological polar surface area (TPSA) is 37.8 Å². The highest BCUT2D eigenvalue weighted by Crippen LogP contribution is 2.21. The second kappa shape index (κ2) is 5.63. The number of halogens is 1. The summed E-state index contributed by atoms with van der Waals surface area (Å²) in [6, 6.07) is 0. The molecule has 1 heterocycles. The quantitative estimate of drug-likeness (QED) is 0.865. The van der Waals surface area contributed by atoms with Crippen molar-refractivity contribution >= 4 is 28.4 Å². The van der Waals surface area contributed by atoms with E-state index in [1.165, 1.54) is 0 Å². The molecular formula is C11H18IN3. The molecule has 84 valence electrons. The lowest BCUT2D eigenvalue weighted by Gasteiger charge is -2.12. The van der Waals surface area contributed by atoms with Gasteiger partial charge in [-0.1, -0.05) is 20.8 Å².